The standard InChI is InChI=1S/C14H14N2O4S2/c17-16(18)12-5-1-2-8-14(12)22(19,20)15-9-3-6-11(15)13-7-4-10-21-13/h1-2,4-5,7-8,10-11H,3,6,9H2/t11-/m0/s1. The highest BCUT2D eigenvalue weighted by molar-refractivity contribution is 7.89. The van der Waals surface area contributed by atoms with Crippen molar-refractivity contribution >= 4 is 27.0 Å². The van der Waals surface area contributed by atoms with E-state index in [1.165, 1.54) is 39.9 Å². The largest absolute Gasteiger partial charge is 0.289 e. The second-order valence-electron chi connectivity index (χ2n) is 5.01. The van der Waals surface area contributed by atoms with Crippen LogP contribution in [0.4, 0.5) is 5.69 Å². The SMILES string of the molecule is O=[N+]([O-])c1ccccc1S(=O)(=O)N1CCC[C@H]1c1cccs1. The molecular formula is C14H14N2O4S2. The summed E-state index contributed by atoms with van der Waals surface area (Å²) in [7, 11) is -3.89. The van der Waals surface area contributed by atoms with Crippen LogP contribution < -0.4 is 0 Å². The maximum Gasteiger partial charge on any atom is 0.289 e. The number of hydrogen-bond acceptors (Lipinski definition) is 5. The van der Waals surface area contributed by atoms with Crippen molar-refractivity contribution in [3.05, 3.63) is 56.8 Å². The van der Waals surface area contributed by atoms with Crippen LogP contribution in [0.1, 0.15) is 23.8 Å². The van der Waals surface area contributed by atoms with E-state index in [2.05, 4.69) is 0 Å². The number of nitro benzene ring substituents is 1. The first-order valence-electron chi connectivity index (χ1n) is 6.80. The zero-order chi connectivity index (χ0) is 15.7. The molecule has 0 radical (unpaired) electrons. The van der Waals surface area contributed by atoms with Gasteiger partial charge < -0.3 is 0 Å². The van der Waals surface area contributed by atoms with E-state index in [9.17, 15) is 18.5 Å². The molecule has 0 N–H and O–H groups in total. The molecule has 0 bridgehead atoms. The number of nitro groups is 1. The van der Waals surface area contributed by atoms with Crippen LogP contribution in [-0.2, 0) is 10.0 Å². The molecule has 8 heteroatoms. The van der Waals surface area contributed by atoms with Crippen molar-refractivity contribution in [3.63, 3.8) is 0 Å². The minimum Gasteiger partial charge on any atom is -0.258 e. The Bertz CT molecular complexity index is 787. The zero-order valence-electron chi connectivity index (χ0n) is 11.6. The van der Waals surface area contributed by atoms with Crippen molar-refractivity contribution < 1.29 is 13.3 Å². The summed E-state index contributed by atoms with van der Waals surface area (Å²) in [4.78, 5) is 11.2. The molecule has 2 aromatic rings. The second kappa shape index (κ2) is 5.79. The molecule has 1 aliphatic rings. The predicted molar refractivity (Wildman–Crippen MR) is 83.3 cm³/mol. The molecule has 1 atom stereocenters. The topological polar surface area (TPSA) is 80.5 Å². The third kappa shape index (κ3) is 2.53. The molecule has 1 fully saturated rings. The number of nitrogens with zero attached hydrogens (tertiary/aromatic N) is 2. The molecule has 0 aliphatic carbocycles. The Labute approximate surface area is 132 Å². The molecule has 1 aromatic carbocycles. The summed E-state index contributed by atoms with van der Waals surface area (Å²) in [6.07, 6.45) is 1.49. The monoisotopic (exact) mass is 338 g/mol. The molecule has 0 spiro atoms. The highest BCUT2D eigenvalue weighted by atomic mass is 32.2. The molecule has 3 rings (SSSR count). The van der Waals surface area contributed by atoms with Gasteiger partial charge in [-0.2, -0.15) is 4.31 Å². The number of rotatable bonds is 4. The van der Waals surface area contributed by atoms with Gasteiger partial charge in [-0.3, -0.25) is 10.1 Å². The fraction of sp³-hybridized carbons (Fsp3) is 0.286. The van der Waals surface area contributed by atoms with Gasteiger partial charge in [0.1, 0.15) is 0 Å². The molecule has 6 nitrogen and oxygen atoms in total. The van der Waals surface area contributed by atoms with Crippen molar-refractivity contribution in [2.45, 2.75) is 23.8 Å². The van der Waals surface area contributed by atoms with Crippen LogP contribution in [0.5, 0.6) is 0 Å². The van der Waals surface area contributed by atoms with Gasteiger partial charge in [-0.25, -0.2) is 8.42 Å². The average Bonchev–Trinajstić information content (AvgIpc) is 3.18. The smallest absolute Gasteiger partial charge is 0.258 e. The molecule has 1 aromatic heterocycles. The van der Waals surface area contributed by atoms with Gasteiger partial charge in [0.05, 0.1) is 11.0 Å². The summed E-state index contributed by atoms with van der Waals surface area (Å²) in [5, 5.41) is 13.0. The van der Waals surface area contributed by atoms with E-state index in [0.29, 0.717) is 6.54 Å². The van der Waals surface area contributed by atoms with Crippen LogP contribution >= 0.6 is 11.3 Å². The maximum atomic E-state index is 12.9. The fourth-order valence-electron chi connectivity index (χ4n) is 2.75. The van der Waals surface area contributed by atoms with Crippen molar-refractivity contribution in [2.24, 2.45) is 0 Å². The number of benzene rings is 1. The summed E-state index contributed by atoms with van der Waals surface area (Å²) in [5.41, 5.74) is -0.376. The van der Waals surface area contributed by atoms with Gasteiger partial charge in [0.15, 0.2) is 4.90 Å². The molecule has 0 saturated carbocycles. The van der Waals surface area contributed by atoms with Gasteiger partial charge in [-0.1, -0.05) is 18.2 Å². The summed E-state index contributed by atoms with van der Waals surface area (Å²) < 4.78 is 27.2. The Kier molecular flexibility index (Phi) is 3.98. The van der Waals surface area contributed by atoms with Crippen LogP contribution in [0.25, 0.3) is 0 Å². The number of hydrogen-bond donors (Lipinski definition) is 0. The van der Waals surface area contributed by atoms with Gasteiger partial charge in [0.2, 0.25) is 10.0 Å². The van der Waals surface area contributed by atoms with E-state index in [1.54, 1.807) is 0 Å². The Morgan fingerprint density at radius 1 is 1.23 bits per heavy atom. The molecule has 2 heterocycles. The third-order valence-electron chi connectivity index (χ3n) is 3.72. The number of para-hydroxylation sites is 1. The molecule has 0 amide bonds. The molecule has 22 heavy (non-hydrogen) atoms. The minimum atomic E-state index is -3.89. The minimum absolute atomic E-state index is 0.232. The Morgan fingerprint density at radius 2 is 2.00 bits per heavy atom. The van der Waals surface area contributed by atoms with E-state index < -0.39 is 14.9 Å². The lowest BCUT2D eigenvalue weighted by atomic mass is 10.2. The first kappa shape index (κ1) is 15.1. The lowest BCUT2D eigenvalue weighted by molar-refractivity contribution is -0.387. The maximum absolute atomic E-state index is 12.9. The van der Waals surface area contributed by atoms with Crippen molar-refractivity contribution in [3.8, 4) is 0 Å². The van der Waals surface area contributed by atoms with Crippen molar-refractivity contribution in [1.29, 1.82) is 0 Å². The van der Waals surface area contributed by atoms with Crippen LogP contribution in [-0.4, -0.2) is 24.2 Å². The lowest BCUT2D eigenvalue weighted by Gasteiger charge is -2.23. The first-order valence-corrected chi connectivity index (χ1v) is 9.12. The van der Waals surface area contributed by atoms with Gasteiger partial charge in [-0.05, 0) is 30.4 Å². The van der Waals surface area contributed by atoms with Crippen LogP contribution in [0, 0.1) is 10.1 Å². The molecular weight excluding hydrogens is 324 g/mol. The average molecular weight is 338 g/mol. The molecule has 0 unspecified atom stereocenters. The number of thiophene rings is 1. The van der Waals surface area contributed by atoms with Gasteiger partial charge in [0.25, 0.3) is 5.69 Å². The highest BCUT2D eigenvalue weighted by Crippen LogP contribution is 2.39. The van der Waals surface area contributed by atoms with Crippen LogP contribution in [0.2, 0.25) is 0 Å². The highest BCUT2D eigenvalue weighted by Gasteiger charge is 2.39. The summed E-state index contributed by atoms with van der Waals surface area (Å²) in [6, 6.07) is 9.06. The van der Waals surface area contributed by atoms with Crippen molar-refractivity contribution in [1.82, 2.24) is 4.31 Å². The molecule has 1 aliphatic heterocycles. The first-order chi connectivity index (χ1) is 10.5. The summed E-state index contributed by atoms with van der Waals surface area (Å²) in [5.74, 6) is 0. The second-order valence-corrected chi connectivity index (χ2v) is 7.85. The Morgan fingerprint density at radius 3 is 2.68 bits per heavy atom. The summed E-state index contributed by atoms with van der Waals surface area (Å²) >= 11 is 1.51. The molecule has 1 saturated heterocycles. The third-order valence-corrected chi connectivity index (χ3v) is 6.65. The fourth-order valence-corrected chi connectivity index (χ4v) is 5.52. The lowest BCUT2D eigenvalue weighted by Crippen LogP contribution is -2.30. The van der Waals surface area contributed by atoms with Gasteiger partial charge >= 0.3 is 0 Å². The van der Waals surface area contributed by atoms with E-state index in [4.69, 9.17) is 0 Å². The van der Waals surface area contributed by atoms with Crippen LogP contribution in [0.3, 0.4) is 0 Å². The Hall–Kier alpha value is -1.77. The van der Waals surface area contributed by atoms with E-state index in [1.807, 2.05) is 17.5 Å². The number of sulfonamides is 1. The van der Waals surface area contributed by atoms with E-state index >= 15 is 0 Å². The van der Waals surface area contributed by atoms with E-state index in [0.717, 1.165) is 17.7 Å². The van der Waals surface area contributed by atoms with Crippen molar-refractivity contribution in [2.75, 3.05) is 6.54 Å². The quantitative estimate of drug-likeness (QED) is 0.633. The normalized spacial score (nSPS) is 19.4. The van der Waals surface area contributed by atoms with E-state index in [-0.39, 0.29) is 16.6 Å². The Balaban J connectivity index is 2.05. The summed E-state index contributed by atoms with van der Waals surface area (Å²) in [6.45, 7) is 0.386. The predicted octanol–water partition coefficient (Wildman–Crippen LogP) is 3.18. The molecule has 116 valence electrons. The van der Waals surface area contributed by atoms with Crippen LogP contribution in [0.15, 0.2) is 46.7 Å². The van der Waals surface area contributed by atoms with Gasteiger partial charge in [-0.15, -0.1) is 11.3 Å². The van der Waals surface area contributed by atoms with Gasteiger partial charge in [0, 0.05) is 17.5 Å². The zero-order valence-corrected chi connectivity index (χ0v) is 13.2.